The molecule has 3 fully saturated rings. The summed E-state index contributed by atoms with van der Waals surface area (Å²) < 4.78 is 44.9. The van der Waals surface area contributed by atoms with E-state index in [1.807, 2.05) is 0 Å². The van der Waals surface area contributed by atoms with Crippen molar-refractivity contribution in [2.45, 2.75) is 123 Å². The van der Waals surface area contributed by atoms with Crippen LogP contribution in [0.2, 0.25) is 0 Å². The van der Waals surface area contributed by atoms with Crippen molar-refractivity contribution in [1.82, 2.24) is 0 Å². The molecule has 14 heteroatoms. The molecule has 14 nitrogen and oxygen atoms in total. The van der Waals surface area contributed by atoms with Gasteiger partial charge < -0.3 is 37.9 Å². The van der Waals surface area contributed by atoms with Crippen LogP contribution in [0.1, 0.15) is 90.7 Å². The van der Waals surface area contributed by atoms with Crippen LogP contribution in [0.5, 0.6) is 11.5 Å². The van der Waals surface area contributed by atoms with Crippen LogP contribution in [0.15, 0.2) is 12.1 Å². The average molecular weight is 689 g/mol. The van der Waals surface area contributed by atoms with Gasteiger partial charge >= 0.3 is 35.8 Å². The fourth-order valence-corrected chi connectivity index (χ4v) is 8.55. The Morgan fingerprint density at radius 1 is 0.735 bits per heavy atom. The summed E-state index contributed by atoms with van der Waals surface area (Å²) in [5.41, 5.74) is 1.85. The minimum absolute atomic E-state index is 0.0606. The van der Waals surface area contributed by atoms with Gasteiger partial charge in [0, 0.05) is 40.0 Å². The van der Waals surface area contributed by atoms with E-state index in [9.17, 15) is 28.8 Å². The first-order valence-corrected chi connectivity index (χ1v) is 16.6. The second kappa shape index (κ2) is 14.3. The minimum Gasteiger partial charge on any atom is -0.467 e. The lowest BCUT2D eigenvalue weighted by Gasteiger charge is -2.50. The number of benzene rings is 1. The first-order chi connectivity index (χ1) is 23.1. The molecule has 3 aliphatic carbocycles. The highest BCUT2D eigenvalue weighted by molar-refractivity contribution is 5.77. The van der Waals surface area contributed by atoms with Crippen LogP contribution >= 0.6 is 0 Å². The smallest absolute Gasteiger partial charge is 0.339 e. The van der Waals surface area contributed by atoms with Crippen LogP contribution in [0, 0.1) is 17.3 Å². The van der Waals surface area contributed by atoms with Gasteiger partial charge in [0.05, 0.1) is 7.11 Å². The molecule has 10 atom stereocenters. The molecule has 0 spiro atoms. The minimum atomic E-state index is -1.65. The maximum absolute atomic E-state index is 12.9. The zero-order chi connectivity index (χ0) is 35.8. The third kappa shape index (κ3) is 7.38. The van der Waals surface area contributed by atoms with E-state index in [4.69, 9.17) is 37.9 Å². The van der Waals surface area contributed by atoms with Gasteiger partial charge in [-0.25, -0.2) is 4.79 Å². The van der Waals surface area contributed by atoms with Crippen molar-refractivity contribution in [1.29, 1.82) is 0 Å². The van der Waals surface area contributed by atoms with Crippen molar-refractivity contribution in [3.63, 3.8) is 0 Å². The molecule has 0 radical (unpaired) electrons. The molecule has 0 bridgehead atoms. The molecule has 2 saturated carbocycles. The van der Waals surface area contributed by atoms with Gasteiger partial charge in [0.2, 0.25) is 12.4 Å². The first kappa shape index (κ1) is 36.1. The lowest BCUT2D eigenvalue weighted by molar-refractivity contribution is -0.282. The van der Waals surface area contributed by atoms with E-state index < -0.39 is 60.6 Å². The van der Waals surface area contributed by atoms with E-state index in [1.165, 1.54) is 13.8 Å². The number of aryl methyl sites for hydroxylation is 1. The quantitative estimate of drug-likeness (QED) is 0.220. The fraction of sp³-hybridized carbons (Fsp3) is 0.657. The Morgan fingerprint density at radius 2 is 1.37 bits per heavy atom. The van der Waals surface area contributed by atoms with Crippen molar-refractivity contribution < 1.29 is 66.7 Å². The van der Waals surface area contributed by atoms with E-state index in [2.05, 4.69) is 6.92 Å². The number of fused-ring (bicyclic) bond motifs is 5. The van der Waals surface area contributed by atoms with Crippen LogP contribution in [0.4, 0.5) is 0 Å². The van der Waals surface area contributed by atoms with Crippen LogP contribution in [0.25, 0.3) is 0 Å². The fourth-order valence-electron chi connectivity index (χ4n) is 8.55. The summed E-state index contributed by atoms with van der Waals surface area (Å²) in [7, 11) is 1.10. The Hall–Kier alpha value is -4.20. The average Bonchev–Trinajstić information content (AvgIpc) is 3.33. The molecule has 49 heavy (non-hydrogen) atoms. The molecule has 268 valence electrons. The summed E-state index contributed by atoms with van der Waals surface area (Å²) in [6, 6.07) is 3.53. The van der Waals surface area contributed by atoms with Crippen molar-refractivity contribution in [2.24, 2.45) is 17.3 Å². The molecule has 4 aliphatic rings. The van der Waals surface area contributed by atoms with Gasteiger partial charge in [0.1, 0.15) is 6.10 Å². The highest BCUT2D eigenvalue weighted by Gasteiger charge is 2.58. The maximum atomic E-state index is 12.9. The van der Waals surface area contributed by atoms with Gasteiger partial charge in [0.15, 0.2) is 29.8 Å². The SMILES string of the molecule is COC(=O)[C@H]1O[C@@H](Oc2cc3c(cc2OC(C)=O)CC[C@@H]2[C@@H]3CC[C@]3(C)[C@@H](OC(C)=O)CC[C@@H]23)[C@H](OC(C)=O)[C@@H](OC(C)=O)[C@@H]1OC(C)=O. The van der Waals surface area contributed by atoms with Gasteiger partial charge in [-0.1, -0.05) is 6.92 Å². The normalized spacial score (nSPS) is 33.0. The van der Waals surface area contributed by atoms with Crippen LogP contribution in [-0.4, -0.2) is 79.7 Å². The van der Waals surface area contributed by atoms with Gasteiger partial charge in [0.25, 0.3) is 0 Å². The molecule has 1 aliphatic heterocycles. The van der Waals surface area contributed by atoms with E-state index >= 15 is 0 Å². The zero-order valence-electron chi connectivity index (χ0n) is 28.8. The molecule has 0 unspecified atom stereocenters. The predicted molar refractivity (Wildman–Crippen MR) is 166 cm³/mol. The van der Waals surface area contributed by atoms with E-state index in [0.717, 1.165) is 77.5 Å². The highest BCUT2D eigenvalue weighted by atomic mass is 16.7. The van der Waals surface area contributed by atoms with E-state index in [-0.39, 0.29) is 34.9 Å². The van der Waals surface area contributed by atoms with Crippen LogP contribution < -0.4 is 9.47 Å². The maximum Gasteiger partial charge on any atom is 0.339 e. The zero-order valence-corrected chi connectivity index (χ0v) is 28.8. The Labute approximate surface area is 284 Å². The molecule has 0 N–H and O–H groups in total. The molecule has 1 heterocycles. The number of hydrogen-bond acceptors (Lipinski definition) is 14. The second-order valence-corrected chi connectivity index (χ2v) is 13.5. The second-order valence-electron chi connectivity index (χ2n) is 13.5. The summed E-state index contributed by atoms with van der Waals surface area (Å²) >= 11 is 0. The van der Waals surface area contributed by atoms with Gasteiger partial charge in [-0.2, -0.15) is 0 Å². The van der Waals surface area contributed by atoms with E-state index in [0.29, 0.717) is 11.8 Å². The highest BCUT2D eigenvalue weighted by Crippen LogP contribution is 2.62. The van der Waals surface area contributed by atoms with Crippen molar-refractivity contribution >= 4 is 35.8 Å². The summed E-state index contributed by atoms with van der Waals surface area (Å²) in [4.78, 5) is 73.7. The number of carbonyl (C=O) groups excluding carboxylic acids is 6. The van der Waals surface area contributed by atoms with Crippen LogP contribution in [0.3, 0.4) is 0 Å². The van der Waals surface area contributed by atoms with E-state index in [1.54, 1.807) is 12.1 Å². The molecule has 0 aromatic heterocycles. The number of methoxy groups -OCH3 is 1. The molecular weight excluding hydrogens is 644 g/mol. The summed E-state index contributed by atoms with van der Waals surface area (Å²) in [6.45, 7) is 8.21. The topological polar surface area (TPSA) is 176 Å². The third-order valence-electron chi connectivity index (χ3n) is 10.3. The largest absolute Gasteiger partial charge is 0.467 e. The number of ether oxygens (including phenoxy) is 8. The molecule has 0 amide bonds. The molecule has 1 aromatic rings. The third-order valence-corrected chi connectivity index (χ3v) is 10.3. The number of carbonyl (C=O) groups is 6. The molecule has 1 aromatic carbocycles. The Morgan fingerprint density at radius 3 is 1.98 bits per heavy atom. The molecule has 5 rings (SSSR count). The van der Waals surface area contributed by atoms with Gasteiger partial charge in [-0.15, -0.1) is 0 Å². The van der Waals surface area contributed by atoms with Crippen LogP contribution in [-0.2, 0) is 63.6 Å². The first-order valence-electron chi connectivity index (χ1n) is 16.6. The lowest BCUT2D eigenvalue weighted by Crippen LogP contribution is -2.64. The van der Waals surface area contributed by atoms with Gasteiger partial charge in [-0.3, -0.25) is 24.0 Å². The lowest BCUT2D eigenvalue weighted by atomic mass is 9.55. The summed E-state index contributed by atoms with van der Waals surface area (Å²) in [6.07, 6.45) is -2.99. The molecule has 1 saturated heterocycles. The Balaban J connectivity index is 1.54. The number of esters is 6. The standard InChI is InChI=1S/C35H44O14/c1-16(36)43-26-14-21-8-9-23-22(12-13-35(6)25(23)10-11-28(35)44-17(2)37)24(21)15-27(26)48-34-32(47-20(5)40)30(46-19(4)39)29(45-18(3)38)31(49-34)33(41)42-7/h14-15,22-23,25,28-32,34H,8-13H2,1-7H3/t22-,23+,25-,28-,29-,30-,31-,32+,34+,35-/m0/s1. The number of rotatable bonds is 8. The number of hydrogen-bond donors (Lipinski definition) is 0. The monoisotopic (exact) mass is 688 g/mol. The summed E-state index contributed by atoms with van der Waals surface area (Å²) in [5, 5.41) is 0. The Kier molecular flexibility index (Phi) is 10.6. The van der Waals surface area contributed by atoms with Crippen molar-refractivity contribution in [3.8, 4) is 11.5 Å². The Bertz CT molecular complexity index is 1500. The predicted octanol–water partition coefficient (Wildman–Crippen LogP) is 3.47. The summed E-state index contributed by atoms with van der Waals surface area (Å²) in [5.74, 6) is -3.41. The van der Waals surface area contributed by atoms with Gasteiger partial charge in [-0.05, 0) is 79.5 Å². The molecular formula is C35H44O14. The van der Waals surface area contributed by atoms with Crippen molar-refractivity contribution in [3.05, 3.63) is 23.3 Å². The van der Waals surface area contributed by atoms with Crippen molar-refractivity contribution in [2.75, 3.05) is 7.11 Å².